The number of ether oxygens (including phenoxy) is 1. The molecule has 0 heterocycles. The highest BCUT2D eigenvalue weighted by molar-refractivity contribution is 7.47. The average Bonchev–Trinajstić information content (AvgIpc) is 2.23. The second-order valence-corrected chi connectivity index (χ2v) is 6.65. The van der Waals surface area contributed by atoms with Gasteiger partial charge in [0.05, 0.1) is 0 Å². The van der Waals surface area contributed by atoms with E-state index in [9.17, 15) is 0 Å². The van der Waals surface area contributed by atoms with Gasteiger partial charge < -0.3 is 4.74 Å². The van der Waals surface area contributed by atoms with Gasteiger partial charge >= 0.3 is 0 Å². The van der Waals surface area contributed by atoms with Crippen molar-refractivity contribution >= 4 is 13.9 Å². The SMILES string of the molecule is COCC1CCC1CPc1cc(C)cc(C)c1. The molecule has 17 heavy (non-hydrogen) atoms. The van der Waals surface area contributed by atoms with Crippen LogP contribution >= 0.6 is 8.58 Å². The average molecular weight is 250 g/mol. The highest BCUT2D eigenvalue weighted by Gasteiger charge is 2.29. The zero-order chi connectivity index (χ0) is 12.3. The molecular formula is C15H23OP. The molecule has 3 unspecified atom stereocenters. The molecular weight excluding hydrogens is 227 g/mol. The van der Waals surface area contributed by atoms with Crippen LogP contribution in [0.15, 0.2) is 18.2 Å². The lowest BCUT2D eigenvalue weighted by molar-refractivity contribution is 0.0706. The van der Waals surface area contributed by atoms with Gasteiger partial charge in [-0.05, 0) is 50.0 Å². The maximum atomic E-state index is 5.27. The molecule has 2 heteroatoms. The summed E-state index contributed by atoms with van der Waals surface area (Å²) < 4.78 is 5.27. The summed E-state index contributed by atoms with van der Waals surface area (Å²) in [5, 5.41) is 1.53. The molecule has 1 aliphatic rings. The van der Waals surface area contributed by atoms with Crippen molar-refractivity contribution in [2.24, 2.45) is 11.8 Å². The van der Waals surface area contributed by atoms with E-state index >= 15 is 0 Å². The normalized spacial score (nSPS) is 24.2. The summed E-state index contributed by atoms with van der Waals surface area (Å²) in [5.41, 5.74) is 2.80. The predicted molar refractivity (Wildman–Crippen MR) is 76.8 cm³/mol. The number of benzene rings is 1. The van der Waals surface area contributed by atoms with Gasteiger partial charge in [-0.2, -0.15) is 0 Å². The first-order valence-electron chi connectivity index (χ1n) is 6.50. The topological polar surface area (TPSA) is 9.23 Å². The number of hydrogen-bond acceptors (Lipinski definition) is 1. The largest absolute Gasteiger partial charge is 0.384 e. The van der Waals surface area contributed by atoms with Crippen molar-refractivity contribution in [2.75, 3.05) is 19.9 Å². The Hall–Kier alpha value is -0.390. The zero-order valence-electron chi connectivity index (χ0n) is 11.1. The van der Waals surface area contributed by atoms with Gasteiger partial charge in [-0.15, -0.1) is 0 Å². The van der Waals surface area contributed by atoms with Gasteiger partial charge in [-0.25, -0.2) is 0 Å². The van der Waals surface area contributed by atoms with Crippen molar-refractivity contribution in [1.82, 2.24) is 0 Å². The van der Waals surface area contributed by atoms with E-state index in [2.05, 4.69) is 32.0 Å². The molecule has 0 aromatic heterocycles. The van der Waals surface area contributed by atoms with Gasteiger partial charge in [0, 0.05) is 13.7 Å². The first-order chi connectivity index (χ1) is 8.19. The van der Waals surface area contributed by atoms with Crippen LogP contribution in [-0.4, -0.2) is 19.9 Å². The van der Waals surface area contributed by atoms with Crippen molar-refractivity contribution in [2.45, 2.75) is 26.7 Å². The van der Waals surface area contributed by atoms with E-state index in [1.54, 1.807) is 0 Å². The van der Waals surface area contributed by atoms with E-state index in [0.29, 0.717) is 0 Å². The van der Waals surface area contributed by atoms with Gasteiger partial charge in [-0.3, -0.25) is 0 Å². The van der Waals surface area contributed by atoms with Crippen molar-refractivity contribution in [3.63, 3.8) is 0 Å². The van der Waals surface area contributed by atoms with Crippen LogP contribution in [-0.2, 0) is 4.74 Å². The van der Waals surface area contributed by atoms with Crippen LogP contribution in [0.25, 0.3) is 0 Å². The van der Waals surface area contributed by atoms with Crippen LogP contribution in [0.1, 0.15) is 24.0 Å². The van der Waals surface area contributed by atoms with Crippen LogP contribution in [0.5, 0.6) is 0 Å². The van der Waals surface area contributed by atoms with E-state index < -0.39 is 0 Å². The summed E-state index contributed by atoms with van der Waals surface area (Å²) in [6.45, 7) is 5.35. The molecule has 2 rings (SSSR count). The van der Waals surface area contributed by atoms with Gasteiger partial charge in [0.2, 0.25) is 0 Å². The minimum absolute atomic E-state index is 0.832. The van der Waals surface area contributed by atoms with Crippen molar-refractivity contribution < 1.29 is 4.74 Å². The molecule has 0 bridgehead atoms. The van der Waals surface area contributed by atoms with Crippen molar-refractivity contribution in [3.8, 4) is 0 Å². The predicted octanol–water partition coefficient (Wildman–Crippen LogP) is 3.28. The molecule has 1 aliphatic carbocycles. The maximum Gasteiger partial charge on any atom is 0.0493 e. The molecule has 0 amide bonds. The monoisotopic (exact) mass is 250 g/mol. The van der Waals surface area contributed by atoms with E-state index in [4.69, 9.17) is 4.74 Å². The fraction of sp³-hybridized carbons (Fsp3) is 0.600. The lowest BCUT2D eigenvalue weighted by Crippen LogP contribution is -2.31. The van der Waals surface area contributed by atoms with Crippen LogP contribution in [0, 0.1) is 25.7 Å². The molecule has 0 saturated heterocycles. The number of methoxy groups -OCH3 is 1. The van der Waals surface area contributed by atoms with Crippen LogP contribution in [0.2, 0.25) is 0 Å². The van der Waals surface area contributed by atoms with Crippen molar-refractivity contribution in [3.05, 3.63) is 29.3 Å². The molecule has 0 spiro atoms. The molecule has 1 aromatic rings. The summed E-state index contributed by atoms with van der Waals surface area (Å²) in [4.78, 5) is 0. The molecule has 0 aliphatic heterocycles. The van der Waals surface area contributed by atoms with E-state index in [1.165, 1.54) is 35.4 Å². The summed E-state index contributed by atoms with van der Waals surface area (Å²) in [6.07, 6.45) is 4.14. The fourth-order valence-electron chi connectivity index (χ4n) is 2.67. The van der Waals surface area contributed by atoms with Crippen LogP contribution in [0.3, 0.4) is 0 Å². The van der Waals surface area contributed by atoms with Crippen molar-refractivity contribution in [1.29, 1.82) is 0 Å². The Kier molecular flexibility index (Phi) is 4.59. The van der Waals surface area contributed by atoms with Crippen LogP contribution < -0.4 is 5.30 Å². The minimum atomic E-state index is 0.832. The highest BCUT2D eigenvalue weighted by Crippen LogP contribution is 2.38. The Bertz CT molecular complexity index is 355. The van der Waals surface area contributed by atoms with Gasteiger partial charge in [-0.1, -0.05) is 37.9 Å². The third kappa shape index (κ3) is 3.53. The molecule has 1 saturated carbocycles. The number of aryl methyl sites for hydroxylation is 2. The molecule has 3 atom stereocenters. The minimum Gasteiger partial charge on any atom is -0.384 e. The lowest BCUT2D eigenvalue weighted by atomic mass is 9.75. The second kappa shape index (κ2) is 5.98. The summed E-state index contributed by atoms with van der Waals surface area (Å²) in [7, 11) is 2.79. The second-order valence-electron chi connectivity index (χ2n) is 5.31. The molecule has 1 fully saturated rings. The third-order valence-corrected chi connectivity index (χ3v) is 5.17. The van der Waals surface area contributed by atoms with E-state index in [0.717, 1.165) is 27.0 Å². The van der Waals surface area contributed by atoms with E-state index in [-0.39, 0.29) is 0 Å². The van der Waals surface area contributed by atoms with Crippen LogP contribution in [0.4, 0.5) is 0 Å². The first kappa shape index (κ1) is 13.1. The smallest absolute Gasteiger partial charge is 0.0493 e. The Morgan fingerprint density at radius 2 is 1.76 bits per heavy atom. The number of rotatable bonds is 5. The standard InChI is InChI=1S/C15H23OP/c1-11-6-12(2)8-15(7-11)17-10-14-5-4-13(14)9-16-3/h6-8,13-14,17H,4-5,9-10H2,1-3H3. The van der Waals surface area contributed by atoms with Gasteiger partial charge in [0.25, 0.3) is 0 Å². The molecule has 0 N–H and O–H groups in total. The summed E-state index contributed by atoms with van der Waals surface area (Å²) in [6, 6.07) is 6.94. The molecule has 1 nitrogen and oxygen atoms in total. The fourth-order valence-corrected chi connectivity index (χ4v) is 4.36. The van der Waals surface area contributed by atoms with E-state index in [1.807, 2.05) is 7.11 Å². The lowest BCUT2D eigenvalue weighted by Gasteiger charge is -2.36. The number of hydrogen-bond donors (Lipinski definition) is 0. The summed E-state index contributed by atoms with van der Waals surface area (Å²) >= 11 is 0. The molecule has 0 radical (unpaired) electrons. The Labute approximate surface area is 107 Å². The first-order valence-corrected chi connectivity index (χ1v) is 7.71. The third-order valence-electron chi connectivity index (χ3n) is 3.75. The quantitative estimate of drug-likeness (QED) is 0.729. The highest BCUT2D eigenvalue weighted by atomic mass is 31.1. The Balaban J connectivity index is 1.85. The Morgan fingerprint density at radius 1 is 1.12 bits per heavy atom. The maximum absolute atomic E-state index is 5.27. The van der Waals surface area contributed by atoms with Gasteiger partial charge in [0.1, 0.15) is 0 Å². The molecule has 1 aromatic carbocycles. The summed E-state index contributed by atoms with van der Waals surface area (Å²) in [5.74, 6) is 1.74. The van der Waals surface area contributed by atoms with Gasteiger partial charge in [0.15, 0.2) is 0 Å². The Morgan fingerprint density at radius 3 is 2.29 bits per heavy atom. The zero-order valence-corrected chi connectivity index (χ0v) is 12.1. The molecule has 94 valence electrons.